The largest absolute Gasteiger partial charge is 0.361 e. The zero-order valence-corrected chi connectivity index (χ0v) is 19.1. The van der Waals surface area contributed by atoms with E-state index < -0.39 is 0 Å². The van der Waals surface area contributed by atoms with E-state index in [1.54, 1.807) is 6.07 Å². The Bertz CT molecular complexity index is 777. The second-order valence-corrected chi connectivity index (χ2v) is 6.57. The van der Waals surface area contributed by atoms with Gasteiger partial charge >= 0.3 is 0 Å². The van der Waals surface area contributed by atoms with Gasteiger partial charge in [-0.2, -0.15) is 0 Å². The maximum atomic E-state index is 13.3. The molecule has 0 saturated carbocycles. The highest BCUT2D eigenvalue weighted by Crippen LogP contribution is 2.19. The lowest BCUT2D eigenvalue weighted by Gasteiger charge is -2.12. The summed E-state index contributed by atoms with van der Waals surface area (Å²) in [5, 5.41) is 10.4. The predicted octanol–water partition coefficient (Wildman–Crippen LogP) is 3.33. The molecule has 8 heteroatoms. The van der Waals surface area contributed by atoms with Gasteiger partial charge in [0.25, 0.3) is 0 Å². The number of hydrogen-bond donors (Lipinski definition) is 4. The highest BCUT2D eigenvalue weighted by molar-refractivity contribution is 14.0. The molecule has 1 heterocycles. The minimum atomic E-state index is -0.243. The van der Waals surface area contributed by atoms with Crippen LogP contribution in [0.25, 0.3) is 10.9 Å². The molecule has 156 valence electrons. The minimum absolute atomic E-state index is 0. The third-order valence-electron chi connectivity index (χ3n) is 4.39. The van der Waals surface area contributed by atoms with Crippen molar-refractivity contribution in [2.45, 2.75) is 46.1 Å². The lowest BCUT2D eigenvalue weighted by molar-refractivity contribution is -0.121. The second kappa shape index (κ2) is 12.6. The normalized spacial score (nSPS) is 12.4. The van der Waals surface area contributed by atoms with Gasteiger partial charge in [0.05, 0.1) is 6.54 Å². The number of aromatic amines is 1. The van der Waals surface area contributed by atoms with Crippen LogP contribution < -0.4 is 16.0 Å². The number of nitrogens with zero attached hydrogens (tertiary/aromatic N) is 1. The molecule has 0 aliphatic carbocycles. The summed E-state index contributed by atoms with van der Waals surface area (Å²) >= 11 is 0. The number of aromatic nitrogens is 1. The molecule has 1 aromatic heterocycles. The van der Waals surface area contributed by atoms with Crippen LogP contribution in [0, 0.1) is 5.82 Å². The SMILES string of the molecule is CCNC(=NCCC(=O)NC(C)CC)NCCc1c[nH]c2cc(F)ccc12.I. The van der Waals surface area contributed by atoms with Gasteiger partial charge in [-0.05, 0) is 50.5 Å². The molecule has 0 bridgehead atoms. The van der Waals surface area contributed by atoms with Crippen LogP contribution in [0.1, 0.15) is 39.2 Å². The Balaban J connectivity index is 0.00000392. The average Bonchev–Trinajstić information content (AvgIpc) is 3.03. The van der Waals surface area contributed by atoms with Crippen LogP contribution in [0.2, 0.25) is 0 Å². The molecule has 28 heavy (non-hydrogen) atoms. The van der Waals surface area contributed by atoms with Crippen LogP contribution in [0.3, 0.4) is 0 Å². The fraction of sp³-hybridized carbons (Fsp3) is 0.500. The first-order valence-electron chi connectivity index (χ1n) is 9.60. The van der Waals surface area contributed by atoms with E-state index in [0.29, 0.717) is 25.5 Å². The molecule has 0 fully saturated rings. The molecule has 4 N–H and O–H groups in total. The zero-order valence-electron chi connectivity index (χ0n) is 16.8. The third-order valence-corrected chi connectivity index (χ3v) is 4.39. The zero-order chi connectivity index (χ0) is 19.6. The summed E-state index contributed by atoms with van der Waals surface area (Å²) in [5.41, 5.74) is 1.93. The molecule has 0 saturated heterocycles. The molecule has 1 atom stereocenters. The van der Waals surface area contributed by atoms with Gasteiger partial charge in [0, 0.05) is 42.7 Å². The minimum Gasteiger partial charge on any atom is -0.361 e. The smallest absolute Gasteiger partial charge is 0.222 e. The molecule has 1 unspecified atom stereocenters. The fourth-order valence-electron chi connectivity index (χ4n) is 2.74. The number of rotatable bonds is 9. The van der Waals surface area contributed by atoms with Gasteiger partial charge in [-0.25, -0.2) is 4.39 Å². The van der Waals surface area contributed by atoms with Crippen LogP contribution in [0.15, 0.2) is 29.4 Å². The first-order chi connectivity index (χ1) is 13.0. The van der Waals surface area contributed by atoms with Crippen LogP contribution in [-0.2, 0) is 11.2 Å². The number of fused-ring (bicyclic) bond motifs is 1. The van der Waals surface area contributed by atoms with Gasteiger partial charge in [-0.15, -0.1) is 24.0 Å². The molecule has 2 rings (SSSR count). The van der Waals surface area contributed by atoms with Crippen molar-refractivity contribution in [1.82, 2.24) is 20.9 Å². The Hall–Kier alpha value is -1.84. The highest BCUT2D eigenvalue weighted by atomic mass is 127. The summed E-state index contributed by atoms with van der Waals surface area (Å²) < 4.78 is 13.3. The Labute approximate surface area is 183 Å². The van der Waals surface area contributed by atoms with E-state index in [0.717, 1.165) is 35.9 Å². The van der Waals surface area contributed by atoms with E-state index in [2.05, 4.69) is 25.9 Å². The Kier molecular flexibility index (Phi) is 10.9. The number of carbonyl (C=O) groups excluding carboxylic acids is 1. The van der Waals surface area contributed by atoms with Gasteiger partial charge < -0.3 is 20.9 Å². The van der Waals surface area contributed by atoms with Crippen molar-refractivity contribution in [3.05, 3.63) is 35.8 Å². The number of carbonyl (C=O) groups is 1. The first kappa shape index (κ1) is 24.2. The molecular formula is C20H31FIN5O. The van der Waals surface area contributed by atoms with Crippen molar-refractivity contribution in [3.8, 4) is 0 Å². The van der Waals surface area contributed by atoms with Crippen molar-refractivity contribution in [1.29, 1.82) is 0 Å². The standard InChI is InChI=1S/C20H30FN5O.HI/c1-4-14(3)26-19(27)9-11-24-20(22-5-2)23-10-8-15-13-25-18-12-16(21)6-7-17(15)18;/h6-7,12-14,25H,4-5,8-11H2,1-3H3,(H,26,27)(H2,22,23,24);1H. The van der Waals surface area contributed by atoms with Gasteiger partial charge in [-0.1, -0.05) is 6.92 Å². The summed E-state index contributed by atoms with van der Waals surface area (Å²) in [6.45, 7) is 7.91. The number of amides is 1. The number of aliphatic imine (C=N–C) groups is 1. The van der Waals surface area contributed by atoms with Gasteiger partial charge in [-0.3, -0.25) is 9.79 Å². The first-order valence-corrected chi connectivity index (χ1v) is 9.60. The lowest BCUT2D eigenvalue weighted by Crippen LogP contribution is -2.38. The molecule has 6 nitrogen and oxygen atoms in total. The average molecular weight is 503 g/mol. The summed E-state index contributed by atoms with van der Waals surface area (Å²) in [6.07, 6.45) is 3.98. The van der Waals surface area contributed by atoms with Crippen molar-refractivity contribution in [2.24, 2.45) is 4.99 Å². The van der Waals surface area contributed by atoms with E-state index in [1.165, 1.54) is 12.1 Å². The monoisotopic (exact) mass is 503 g/mol. The lowest BCUT2D eigenvalue weighted by atomic mass is 10.1. The third kappa shape index (κ3) is 7.65. The van der Waals surface area contributed by atoms with E-state index in [9.17, 15) is 9.18 Å². The van der Waals surface area contributed by atoms with E-state index in [1.807, 2.05) is 27.0 Å². The summed E-state index contributed by atoms with van der Waals surface area (Å²) in [5.74, 6) is 0.475. The number of halogens is 2. The Morgan fingerprint density at radius 3 is 2.79 bits per heavy atom. The molecule has 1 amide bonds. The molecule has 0 radical (unpaired) electrons. The Morgan fingerprint density at radius 1 is 1.29 bits per heavy atom. The number of H-pyrrole nitrogens is 1. The molecule has 0 aliphatic heterocycles. The Morgan fingerprint density at radius 2 is 2.07 bits per heavy atom. The fourth-order valence-corrected chi connectivity index (χ4v) is 2.74. The number of benzene rings is 1. The van der Waals surface area contributed by atoms with Crippen molar-refractivity contribution >= 4 is 46.7 Å². The maximum Gasteiger partial charge on any atom is 0.222 e. The molecule has 0 spiro atoms. The molecular weight excluding hydrogens is 472 g/mol. The van der Waals surface area contributed by atoms with Gasteiger partial charge in [0.2, 0.25) is 5.91 Å². The highest BCUT2D eigenvalue weighted by Gasteiger charge is 2.07. The summed E-state index contributed by atoms with van der Waals surface area (Å²) in [4.78, 5) is 19.4. The van der Waals surface area contributed by atoms with E-state index in [-0.39, 0.29) is 41.7 Å². The number of hydrogen-bond acceptors (Lipinski definition) is 2. The van der Waals surface area contributed by atoms with Crippen LogP contribution >= 0.6 is 24.0 Å². The van der Waals surface area contributed by atoms with Crippen molar-refractivity contribution < 1.29 is 9.18 Å². The number of guanidine groups is 1. The topological polar surface area (TPSA) is 81.3 Å². The predicted molar refractivity (Wildman–Crippen MR) is 124 cm³/mol. The van der Waals surface area contributed by atoms with Gasteiger partial charge in [0.15, 0.2) is 5.96 Å². The number of nitrogens with one attached hydrogen (secondary N) is 4. The van der Waals surface area contributed by atoms with E-state index >= 15 is 0 Å². The van der Waals surface area contributed by atoms with Crippen LogP contribution in [-0.4, -0.2) is 42.5 Å². The van der Waals surface area contributed by atoms with Crippen LogP contribution in [0.5, 0.6) is 0 Å². The van der Waals surface area contributed by atoms with Crippen molar-refractivity contribution in [2.75, 3.05) is 19.6 Å². The van der Waals surface area contributed by atoms with Gasteiger partial charge in [0.1, 0.15) is 5.82 Å². The summed E-state index contributed by atoms with van der Waals surface area (Å²) in [6, 6.07) is 4.97. The molecule has 0 aliphatic rings. The quantitative estimate of drug-likeness (QED) is 0.241. The molecule has 1 aromatic carbocycles. The van der Waals surface area contributed by atoms with E-state index in [4.69, 9.17) is 0 Å². The van der Waals surface area contributed by atoms with Crippen LogP contribution in [0.4, 0.5) is 4.39 Å². The second-order valence-electron chi connectivity index (χ2n) is 6.57. The molecule has 2 aromatic rings. The maximum absolute atomic E-state index is 13.3. The summed E-state index contributed by atoms with van der Waals surface area (Å²) in [7, 11) is 0. The van der Waals surface area contributed by atoms with Crippen molar-refractivity contribution in [3.63, 3.8) is 0 Å².